The summed E-state index contributed by atoms with van der Waals surface area (Å²) in [7, 11) is 0. The summed E-state index contributed by atoms with van der Waals surface area (Å²) in [4.78, 5) is 2.50. The Morgan fingerprint density at radius 3 is 1.57 bits per heavy atom. The Morgan fingerprint density at radius 1 is 0.308 bits per heavy atom. The summed E-state index contributed by atoms with van der Waals surface area (Å²) in [5.41, 5.74) is 19.7. The van der Waals surface area contributed by atoms with Gasteiger partial charge in [0, 0.05) is 16.6 Å². The zero-order valence-electron chi connectivity index (χ0n) is 35.4. The van der Waals surface area contributed by atoms with Crippen LogP contribution in [0, 0.1) is 0 Å². The lowest BCUT2D eigenvalue weighted by molar-refractivity contribution is 0.669. The van der Waals surface area contributed by atoms with E-state index in [-0.39, 0.29) is 0 Å². The largest absolute Gasteiger partial charge is 0.456 e. The number of fused-ring (bicyclic) bond motifs is 16. The van der Waals surface area contributed by atoms with Crippen molar-refractivity contribution in [3.8, 4) is 44.5 Å². The highest BCUT2D eigenvalue weighted by Gasteiger charge is 2.52. The highest BCUT2D eigenvalue weighted by Crippen LogP contribution is 2.65. The fourth-order valence-corrected chi connectivity index (χ4v) is 11.7. The topological polar surface area (TPSA) is 16.4 Å². The molecule has 0 saturated heterocycles. The SMILES string of the molecule is c1ccc(-c2cccc3cccc(-c4ccc(N(c5cccc6c5-c5ccccc5C65c6ccccc6-c6ccccc65)c5cccc6oc7ccc8ccccc8c7c56)cc4)c23)cc1. The predicted octanol–water partition coefficient (Wildman–Crippen LogP) is 17.0. The van der Waals surface area contributed by atoms with E-state index < -0.39 is 5.41 Å². The molecule has 11 aromatic carbocycles. The highest BCUT2D eigenvalue weighted by molar-refractivity contribution is 6.23. The Bertz CT molecular complexity index is 3840. The zero-order chi connectivity index (χ0) is 42.6. The summed E-state index contributed by atoms with van der Waals surface area (Å²) >= 11 is 0. The lowest BCUT2D eigenvalue weighted by Gasteiger charge is -2.32. The van der Waals surface area contributed by atoms with Crippen molar-refractivity contribution in [1.82, 2.24) is 0 Å². The Balaban J connectivity index is 1.05. The number of benzene rings is 11. The van der Waals surface area contributed by atoms with Crippen LogP contribution in [0.15, 0.2) is 241 Å². The average molecular weight is 826 g/mol. The molecule has 302 valence electrons. The van der Waals surface area contributed by atoms with E-state index in [0.717, 1.165) is 39.0 Å². The molecule has 0 aliphatic heterocycles. The van der Waals surface area contributed by atoms with Gasteiger partial charge in [-0.1, -0.05) is 200 Å². The van der Waals surface area contributed by atoms with Crippen LogP contribution in [0.4, 0.5) is 17.1 Å². The molecule has 0 atom stereocenters. The van der Waals surface area contributed by atoms with Gasteiger partial charge in [0.2, 0.25) is 0 Å². The van der Waals surface area contributed by atoms with E-state index in [2.05, 4.69) is 241 Å². The number of furan rings is 1. The lowest BCUT2D eigenvalue weighted by Crippen LogP contribution is -2.26. The maximum atomic E-state index is 6.77. The van der Waals surface area contributed by atoms with Crippen LogP contribution >= 0.6 is 0 Å². The van der Waals surface area contributed by atoms with Gasteiger partial charge in [-0.3, -0.25) is 0 Å². The summed E-state index contributed by atoms with van der Waals surface area (Å²) in [6.07, 6.45) is 0. The van der Waals surface area contributed by atoms with Crippen molar-refractivity contribution in [3.05, 3.63) is 259 Å². The molecule has 0 unspecified atom stereocenters. The Kier molecular flexibility index (Phi) is 7.64. The van der Waals surface area contributed by atoms with Gasteiger partial charge < -0.3 is 9.32 Å². The third-order valence-corrected chi connectivity index (χ3v) is 14.3. The van der Waals surface area contributed by atoms with Crippen molar-refractivity contribution < 1.29 is 4.42 Å². The molecule has 0 amide bonds. The van der Waals surface area contributed by atoms with E-state index in [1.54, 1.807) is 0 Å². The first kappa shape index (κ1) is 36.1. The molecule has 1 spiro atoms. The van der Waals surface area contributed by atoms with E-state index in [1.807, 2.05) is 0 Å². The fraction of sp³-hybridized carbons (Fsp3) is 0.0159. The minimum absolute atomic E-state index is 0.472. The number of hydrogen-bond acceptors (Lipinski definition) is 2. The molecular weight excluding hydrogens is 787 g/mol. The first-order chi connectivity index (χ1) is 32.3. The lowest BCUT2D eigenvalue weighted by atomic mass is 9.70. The summed E-state index contributed by atoms with van der Waals surface area (Å²) in [6, 6.07) is 87.0. The third-order valence-electron chi connectivity index (χ3n) is 14.3. The second-order valence-corrected chi connectivity index (χ2v) is 17.5. The molecule has 65 heavy (non-hydrogen) atoms. The molecule has 0 radical (unpaired) electrons. The van der Waals surface area contributed by atoms with E-state index >= 15 is 0 Å². The molecular formula is C63H39NO. The molecule has 12 aromatic rings. The van der Waals surface area contributed by atoms with Crippen molar-refractivity contribution in [1.29, 1.82) is 0 Å². The number of nitrogens with zero attached hydrogens (tertiary/aromatic N) is 1. The number of anilines is 3. The fourth-order valence-electron chi connectivity index (χ4n) is 11.7. The van der Waals surface area contributed by atoms with Gasteiger partial charge in [-0.05, 0) is 119 Å². The molecule has 0 N–H and O–H groups in total. The van der Waals surface area contributed by atoms with Gasteiger partial charge in [0.25, 0.3) is 0 Å². The van der Waals surface area contributed by atoms with E-state index in [0.29, 0.717) is 0 Å². The van der Waals surface area contributed by atoms with Crippen LogP contribution in [-0.2, 0) is 5.41 Å². The predicted molar refractivity (Wildman–Crippen MR) is 271 cm³/mol. The smallest absolute Gasteiger partial charge is 0.137 e. The summed E-state index contributed by atoms with van der Waals surface area (Å²) < 4.78 is 6.77. The first-order valence-electron chi connectivity index (χ1n) is 22.5. The van der Waals surface area contributed by atoms with Gasteiger partial charge >= 0.3 is 0 Å². The number of rotatable bonds is 5. The second kappa shape index (κ2) is 13.8. The summed E-state index contributed by atoms with van der Waals surface area (Å²) in [5, 5.41) is 7.07. The van der Waals surface area contributed by atoms with Crippen LogP contribution < -0.4 is 4.90 Å². The van der Waals surface area contributed by atoms with Crippen LogP contribution in [0.2, 0.25) is 0 Å². The van der Waals surface area contributed by atoms with Crippen LogP contribution in [0.3, 0.4) is 0 Å². The molecule has 14 rings (SSSR count). The second-order valence-electron chi connectivity index (χ2n) is 17.5. The Morgan fingerprint density at radius 2 is 0.831 bits per heavy atom. The number of hydrogen-bond donors (Lipinski definition) is 0. The van der Waals surface area contributed by atoms with Crippen molar-refractivity contribution in [2.75, 3.05) is 4.90 Å². The molecule has 2 heteroatoms. The van der Waals surface area contributed by atoms with E-state index in [1.165, 1.54) is 88.3 Å². The normalized spacial score (nSPS) is 13.0. The maximum absolute atomic E-state index is 6.77. The average Bonchev–Trinajstić information content (AvgIpc) is 4.02. The standard InChI is InChI=1S/C63H39NO/c1-2-16-40(17-3-1)45-25-12-19-43-20-13-26-46(59(43)45)42-34-37-44(38-35-42)64(56-32-15-33-57-62(56)61-47-21-5-4-18-41(47)36-39-58(61)65-57)55-31-14-30-54-60(55)50-24-8-11-29-53(50)63(54)51-27-9-6-22-48(51)49-23-7-10-28-52(49)63/h1-39H. The van der Waals surface area contributed by atoms with Gasteiger partial charge in [-0.2, -0.15) is 0 Å². The summed E-state index contributed by atoms with van der Waals surface area (Å²) in [6.45, 7) is 0. The monoisotopic (exact) mass is 825 g/mol. The minimum Gasteiger partial charge on any atom is -0.456 e. The molecule has 2 aliphatic carbocycles. The Labute approximate surface area is 376 Å². The van der Waals surface area contributed by atoms with Gasteiger partial charge in [0.1, 0.15) is 11.2 Å². The first-order valence-corrected chi connectivity index (χ1v) is 22.5. The van der Waals surface area contributed by atoms with Crippen LogP contribution in [0.5, 0.6) is 0 Å². The Hall–Kier alpha value is -8.46. The zero-order valence-corrected chi connectivity index (χ0v) is 35.4. The van der Waals surface area contributed by atoms with E-state index in [9.17, 15) is 0 Å². The maximum Gasteiger partial charge on any atom is 0.137 e. The quantitative estimate of drug-likeness (QED) is 0.172. The van der Waals surface area contributed by atoms with Crippen molar-refractivity contribution in [2.45, 2.75) is 5.41 Å². The molecule has 2 nitrogen and oxygen atoms in total. The minimum atomic E-state index is -0.472. The van der Waals surface area contributed by atoms with Crippen LogP contribution in [0.1, 0.15) is 22.3 Å². The third kappa shape index (κ3) is 4.99. The van der Waals surface area contributed by atoms with Crippen molar-refractivity contribution in [3.63, 3.8) is 0 Å². The molecule has 1 aromatic heterocycles. The van der Waals surface area contributed by atoms with Gasteiger partial charge in [0.15, 0.2) is 0 Å². The van der Waals surface area contributed by atoms with Crippen molar-refractivity contribution >= 4 is 60.5 Å². The molecule has 0 saturated carbocycles. The molecule has 0 bridgehead atoms. The highest BCUT2D eigenvalue weighted by atomic mass is 16.3. The molecule has 0 fully saturated rings. The van der Waals surface area contributed by atoms with Gasteiger partial charge in [-0.15, -0.1) is 0 Å². The van der Waals surface area contributed by atoms with Crippen LogP contribution in [-0.4, -0.2) is 0 Å². The summed E-state index contributed by atoms with van der Waals surface area (Å²) in [5.74, 6) is 0. The van der Waals surface area contributed by atoms with E-state index in [4.69, 9.17) is 4.42 Å². The van der Waals surface area contributed by atoms with Crippen molar-refractivity contribution in [2.24, 2.45) is 0 Å². The van der Waals surface area contributed by atoms with Gasteiger partial charge in [-0.25, -0.2) is 0 Å². The van der Waals surface area contributed by atoms with Crippen LogP contribution in [0.25, 0.3) is 88.0 Å². The molecule has 2 aliphatic rings. The van der Waals surface area contributed by atoms with Gasteiger partial charge in [0.05, 0.1) is 22.2 Å². The molecule has 1 heterocycles.